The molecular formula is C12H21NO3S. The van der Waals surface area contributed by atoms with E-state index in [9.17, 15) is 8.42 Å². The molecule has 0 saturated heterocycles. The zero-order valence-corrected chi connectivity index (χ0v) is 11.6. The van der Waals surface area contributed by atoms with Gasteiger partial charge in [-0.2, -0.15) is 8.42 Å². The Bertz CT molecular complexity index is 439. The summed E-state index contributed by atoms with van der Waals surface area (Å²) in [4.78, 5) is -0.0203. The van der Waals surface area contributed by atoms with Gasteiger partial charge in [0.05, 0.1) is 4.90 Å². The fraction of sp³-hybridized carbons (Fsp3) is 0.500. The van der Waals surface area contributed by atoms with Crippen molar-refractivity contribution in [3.63, 3.8) is 0 Å². The Balaban J connectivity index is 0.000000437. The van der Waals surface area contributed by atoms with Gasteiger partial charge in [-0.05, 0) is 38.6 Å². The zero-order valence-electron chi connectivity index (χ0n) is 10.8. The largest absolute Gasteiger partial charge is 0.317 e. The van der Waals surface area contributed by atoms with Crippen LogP contribution in [0.3, 0.4) is 0 Å². The molecule has 0 aromatic heterocycles. The van der Waals surface area contributed by atoms with Gasteiger partial charge in [-0.15, -0.1) is 0 Å². The van der Waals surface area contributed by atoms with Crippen LogP contribution in [0.5, 0.6) is 0 Å². The maximum absolute atomic E-state index is 10.7. The zero-order chi connectivity index (χ0) is 13.5. The van der Waals surface area contributed by atoms with E-state index in [1.807, 2.05) is 6.92 Å². The first-order valence-electron chi connectivity index (χ1n) is 5.58. The van der Waals surface area contributed by atoms with E-state index in [2.05, 4.69) is 19.2 Å². The quantitative estimate of drug-likeness (QED) is 0.816. The van der Waals surface area contributed by atoms with Crippen LogP contribution in [0.15, 0.2) is 23.1 Å². The summed E-state index contributed by atoms with van der Waals surface area (Å²) in [7, 11) is -4.05. The molecule has 0 radical (unpaired) electrons. The summed E-state index contributed by atoms with van der Waals surface area (Å²) in [5, 5.41) is 3.11. The summed E-state index contributed by atoms with van der Waals surface area (Å²) < 4.78 is 30.2. The molecule has 4 nitrogen and oxygen atoms in total. The topological polar surface area (TPSA) is 66.4 Å². The van der Waals surface area contributed by atoms with Crippen molar-refractivity contribution in [2.24, 2.45) is 0 Å². The molecule has 5 heteroatoms. The van der Waals surface area contributed by atoms with E-state index in [0.29, 0.717) is 5.56 Å². The Kier molecular flexibility index (Phi) is 7.03. The first-order valence-corrected chi connectivity index (χ1v) is 7.02. The molecule has 0 heterocycles. The van der Waals surface area contributed by atoms with E-state index < -0.39 is 10.1 Å². The molecule has 0 saturated carbocycles. The molecule has 0 fully saturated rings. The number of aryl methyl sites for hydroxylation is 2. The molecule has 0 atom stereocenters. The molecular weight excluding hydrogens is 238 g/mol. The van der Waals surface area contributed by atoms with Gasteiger partial charge in [0.25, 0.3) is 10.1 Å². The molecule has 98 valence electrons. The second kappa shape index (κ2) is 7.42. The van der Waals surface area contributed by atoms with Gasteiger partial charge in [-0.3, -0.25) is 4.55 Å². The van der Waals surface area contributed by atoms with E-state index >= 15 is 0 Å². The summed E-state index contributed by atoms with van der Waals surface area (Å²) in [5.41, 5.74) is 1.54. The number of nitrogens with one attached hydrogen (secondary N) is 1. The van der Waals surface area contributed by atoms with Crippen LogP contribution < -0.4 is 5.32 Å². The minimum atomic E-state index is -4.05. The maximum atomic E-state index is 10.7. The third-order valence-corrected chi connectivity index (χ3v) is 3.12. The molecule has 0 unspecified atom stereocenters. The monoisotopic (exact) mass is 259 g/mol. The van der Waals surface area contributed by atoms with Crippen LogP contribution in [0.25, 0.3) is 0 Å². The number of hydrogen-bond acceptors (Lipinski definition) is 3. The van der Waals surface area contributed by atoms with Gasteiger partial charge in [0.2, 0.25) is 0 Å². The van der Waals surface area contributed by atoms with Gasteiger partial charge in [0, 0.05) is 0 Å². The highest BCUT2D eigenvalue weighted by molar-refractivity contribution is 7.85. The van der Waals surface area contributed by atoms with E-state index in [4.69, 9.17) is 4.55 Å². The third-order valence-electron chi connectivity index (χ3n) is 2.11. The SMILES string of the molecule is CCNCC.Cc1ccc(S(=O)(=O)O)c(C)c1. The van der Waals surface area contributed by atoms with Crippen molar-refractivity contribution in [3.8, 4) is 0 Å². The van der Waals surface area contributed by atoms with Gasteiger partial charge in [-0.1, -0.05) is 31.5 Å². The molecule has 17 heavy (non-hydrogen) atoms. The lowest BCUT2D eigenvalue weighted by molar-refractivity contribution is 0.482. The van der Waals surface area contributed by atoms with Crippen molar-refractivity contribution < 1.29 is 13.0 Å². The summed E-state index contributed by atoms with van der Waals surface area (Å²) in [6.45, 7) is 9.90. The summed E-state index contributed by atoms with van der Waals surface area (Å²) in [5.74, 6) is 0. The lowest BCUT2D eigenvalue weighted by Crippen LogP contribution is -2.09. The van der Waals surface area contributed by atoms with Crippen molar-refractivity contribution in [3.05, 3.63) is 29.3 Å². The fourth-order valence-corrected chi connectivity index (χ4v) is 2.04. The lowest BCUT2D eigenvalue weighted by Gasteiger charge is -2.02. The highest BCUT2D eigenvalue weighted by Gasteiger charge is 2.11. The number of hydrogen-bond donors (Lipinski definition) is 2. The third kappa shape index (κ3) is 6.41. The fourth-order valence-electron chi connectivity index (χ4n) is 1.34. The van der Waals surface area contributed by atoms with E-state index in [-0.39, 0.29) is 4.90 Å². The second-order valence-electron chi connectivity index (χ2n) is 3.70. The predicted octanol–water partition coefficient (Wildman–Crippen LogP) is 2.17. The normalized spacial score (nSPS) is 10.6. The van der Waals surface area contributed by atoms with Crippen LogP contribution in [-0.4, -0.2) is 26.1 Å². The van der Waals surface area contributed by atoms with E-state index in [1.54, 1.807) is 19.1 Å². The highest BCUT2D eigenvalue weighted by Crippen LogP contribution is 2.15. The Hall–Kier alpha value is -0.910. The molecule has 0 aliphatic rings. The Morgan fingerprint density at radius 2 is 1.71 bits per heavy atom. The van der Waals surface area contributed by atoms with Crippen LogP contribution in [0, 0.1) is 13.8 Å². The minimum absolute atomic E-state index is 0.0203. The van der Waals surface area contributed by atoms with Gasteiger partial charge < -0.3 is 5.32 Å². The van der Waals surface area contributed by atoms with Crippen molar-refractivity contribution >= 4 is 10.1 Å². The van der Waals surface area contributed by atoms with Crippen molar-refractivity contribution in [1.82, 2.24) is 5.32 Å². The van der Waals surface area contributed by atoms with Crippen molar-refractivity contribution in [2.45, 2.75) is 32.6 Å². The van der Waals surface area contributed by atoms with Gasteiger partial charge in [-0.25, -0.2) is 0 Å². The predicted molar refractivity (Wildman–Crippen MR) is 69.9 cm³/mol. The van der Waals surface area contributed by atoms with Gasteiger partial charge >= 0.3 is 0 Å². The van der Waals surface area contributed by atoms with E-state index in [1.165, 1.54) is 6.07 Å². The van der Waals surface area contributed by atoms with Crippen molar-refractivity contribution in [1.29, 1.82) is 0 Å². The lowest BCUT2D eigenvalue weighted by atomic mass is 10.2. The molecule has 0 aliphatic heterocycles. The first-order chi connectivity index (χ1) is 7.82. The van der Waals surface area contributed by atoms with Crippen molar-refractivity contribution in [2.75, 3.05) is 13.1 Å². The molecule has 2 N–H and O–H groups in total. The number of benzene rings is 1. The number of rotatable bonds is 3. The summed E-state index contributed by atoms with van der Waals surface area (Å²) >= 11 is 0. The highest BCUT2D eigenvalue weighted by atomic mass is 32.2. The molecule has 0 bridgehead atoms. The Morgan fingerprint density at radius 3 is 2.00 bits per heavy atom. The average molecular weight is 259 g/mol. The van der Waals surface area contributed by atoms with Crippen LogP contribution in [0.4, 0.5) is 0 Å². The van der Waals surface area contributed by atoms with Crippen LogP contribution in [0.2, 0.25) is 0 Å². The van der Waals surface area contributed by atoms with Crippen LogP contribution in [-0.2, 0) is 10.1 Å². The Labute approximate surface area is 104 Å². The summed E-state index contributed by atoms with van der Waals surface area (Å²) in [6, 6.07) is 4.76. The molecule has 1 aromatic rings. The Morgan fingerprint density at radius 1 is 1.18 bits per heavy atom. The molecule has 1 rings (SSSR count). The second-order valence-corrected chi connectivity index (χ2v) is 5.09. The van der Waals surface area contributed by atoms with Gasteiger partial charge in [0.15, 0.2) is 0 Å². The van der Waals surface area contributed by atoms with Gasteiger partial charge in [0.1, 0.15) is 0 Å². The van der Waals surface area contributed by atoms with Crippen LogP contribution >= 0.6 is 0 Å². The average Bonchev–Trinajstić information content (AvgIpc) is 2.17. The van der Waals surface area contributed by atoms with Crippen LogP contribution in [0.1, 0.15) is 25.0 Å². The molecule has 0 amide bonds. The standard InChI is InChI=1S/C8H10O3S.C4H11N/c1-6-3-4-8(7(2)5-6)12(9,10)11;1-3-5-4-2/h3-5H,1-2H3,(H,9,10,11);5H,3-4H2,1-2H3. The molecule has 0 spiro atoms. The molecule has 1 aromatic carbocycles. The maximum Gasteiger partial charge on any atom is 0.294 e. The smallest absolute Gasteiger partial charge is 0.294 e. The minimum Gasteiger partial charge on any atom is -0.317 e. The molecule has 0 aliphatic carbocycles. The van der Waals surface area contributed by atoms with E-state index in [0.717, 1.165) is 18.7 Å². The summed E-state index contributed by atoms with van der Waals surface area (Å²) in [6.07, 6.45) is 0. The first kappa shape index (κ1) is 16.1.